The van der Waals surface area contributed by atoms with Crippen LogP contribution in [0.5, 0.6) is 0 Å². The molecular formula is C19H35N2O7P. The van der Waals surface area contributed by atoms with Crippen LogP contribution >= 0.6 is 7.52 Å². The highest BCUT2D eigenvalue weighted by molar-refractivity contribution is 7.55. The SMILES string of the molecule is O=P(O)(CCC12CC3CC(CC(C3)C1)C2)NCN[C@H]1C(O)O[C@H](CO)[C@H](O)[C@@H]1O. The monoisotopic (exact) mass is 434 g/mol. The number of aliphatic hydroxyl groups is 4. The fourth-order valence-corrected chi connectivity index (χ4v) is 7.94. The zero-order valence-electron chi connectivity index (χ0n) is 16.7. The average molecular weight is 434 g/mol. The minimum atomic E-state index is -3.57. The van der Waals surface area contributed by atoms with Crippen LogP contribution < -0.4 is 10.4 Å². The minimum Gasteiger partial charge on any atom is -0.394 e. The largest absolute Gasteiger partial charge is 0.394 e. The van der Waals surface area contributed by atoms with Crippen LogP contribution in [-0.2, 0) is 9.30 Å². The Kier molecular flexibility index (Phi) is 6.44. The van der Waals surface area contributed by atoms with E-state index in [1.807, 2.05) is 0 Å². The van der Waals surface area contributed by atoms with Crippen LogP contribution in [0, 0.1) is 23.2 Å². The Morgan fingerprint density at radius 1 is 1.00 bits per heavy atom. The molecule has 2 unspecified atom stereocenters. The summed E-state index contributed by atoms with van der Waals surface area (Å²) in [6.45, 7) is -0.649. The van der Waals surface area contributed by atoms with Gasteiger partial charge in [0.2, 0.25) is 0 Å². The predicted octanol–water partition coefficient (Wildman–Crippen LogP) is -0.285. The highest BCUT2D eigenvalue weighted by Gasteiger charge is 2.51. The molecule has 10 heteroatoms. The van der Waals surface area contributed by atoms with Crippen molar-refractivity contribution in [3.8, 4) is 0 Å². The second kappa shape index (κ2) is 8.45. The average Bonchev–Trinajstić information content (AvgIpc) is 2.65. The Labute approximate surface area is 171 Å². The summed E-state index contributed by atoms with van der Waals surface area (Å²) in [4.78, 5) is 10.4. The number of hydrogen-bond acceptors (Lipinski definition) is 7. The molecule has 0 radical (unpaired) electrons. The minimum absolute atomic E-state index is 0.118. The van der Waals surface area contributed by atoms with Gasteiger partial charge in [-0.2, -0.15) is 0 Å². The maximum atomic E-state index is 12.6. The first-order valence-electron chi connectivity index (χ1n) is 10.8. The van der Waals surface area contributed by atoms with Crippen molar-refractivity contribution in [3.63, 3.8) is 0 Å². The second-order valence-corrected chi connectivity index (χ2v) is 12.1. The van der Waals surface area contributed by atoms with E-state index < -0.39 is 44.8 Å². The van der Waals surface area contributed by atoms with Crippen molar-refractivity contribution in [2.24, 2.45) is 23.2 Å². The van der Waals surface area contributed by atoms with Crippen molar-refractivity contribution < 1.29 is 34.6 Å². The molecule has 168 valence electrons. The first-order chi connectivity index (χ1) is 13.7. The van der Waals surface area contributed by atoms with Crippen molar-refractivity contribution in [3.05, 3.63) is 0 Å². The van der Waals surface area contributed by atoms with E-state index in [0.29, 0.717) is 0 Å². The molecule has 5 fully saturated rings. The zero-order chi connectivity index (χ0) is 20.8. The van der Waals surface area contributed by atoms with E-state index in [4.69, 9.17) is 9.84 Å². The number of hydrogen-bond donors (Lipinski definition) is 7. The molecule has 0 aromatic rings. The van der Waals surface area contributed by atoms with Crippen molar-refractivity contribution in [2.75, 3.05) is 19.4 Å². The van der Waals surface area contributed by atoms with Gasteiger partial charge in [0.1, 0.15) is 18.3 Å². The zero-order valence-corrected chi connectivity index (χ0v) is 17.6. The molecule has 0 aromatic carbocycles. The molecule has 7 N–H and O–H groups in total. The summed E-state index contributed by atoms with van der Waals surface area (Å²) in [7, 11) is -3.57. The van der Waals surface area contributed by atoms with Gasteiger partial charge in [0.25, 0.3) is 7.52 Å². The van der Waals surface area contributed by atoms with Crippen molar-refractivity contribution >= 4 is 7.52 Å². The lowest BCUT2D eigenvalue weighted by Crippen LogP contribution is -2.64. The Hall–Kier alpha value is -0.0900. The van der Waals surface area contributed by atoms with Gasteiger partial charge in [-0.25, -0.2) is 5.09 Å². The molecule has 5 rings (SSSR count). The second-order valence-electron chi connectivity index (χ2n) is 9.89. The molecule has 0 spiro atoms. The Morgan fingerprint density at radius 2 is 1.59 bits per heavy atom. The fraction of sp³-hybridized carbons (Fsp3) is 1.00. The lowest BCUT2D eigenvalue weighted by Gasteiger charge is -2.57. The van der Waals surface area contributed by atoms with E-state index in [1.54, 1.807) is 0 Å². The van der Waals surface area contributed by atoms with Gasteiger partial charge in [-0.15, -0.1) is 0 Å². The molecule has 0 amide bonds. The van der Waals surface area contributed by atoms with E-state index in [1.165, 1.54) is 38.5 Å². The quantitative estimate of drug-likeness (QED) is 0.202. The van der Waals surface area contributed by atoms with Crippen molar-refractivity contribution in [1.29, 1.82) is 0 Å². The summed E-state index contributed by atoms with van der Waals surface area (Å²) in [5.74, 6) is 2.41. The molecule has 1 aliphatic heterocycles. The van der Waals surface area contributed by atoms with Gasteiger partial charge >= 0.3 is 0 Å². The number of aliphatic hydroxyl groups excluding tert-OH is 4. The predicted molar refractivity (Wildman–Crippen MR) is 105 cm³/mol. The van der Waals surface area contributed by atoms with Gasteiger partial charge < -0.3 is 30.1 Å². The molecule has 4 saturated carbocycles. The number of nitrogens with one attached hydrogen (secondary N) is 2. The van der Waals surface area contributed by atoms with Gasteiger partial charge in [0, 0.05) is 6.16 Å². The maximum Gasteiger partial charge on any atom is 0.268 e. The van der Waals surface area contributed by atoms with Crippen LogP contribution in [0.15, 0.2) is 0 Å². The summed E-state index contributed by atoms with van der Waals surface area (Å²) in [5.41, 5.74) is 0.231. The first-order valence-corrected chi connectivity index (χ1v) is 12.7. The lowest BCUT2D eigenvalue weighted by atomic mass is 9.49. The van der Waals surface area contributed by atoms with E-state index in [9.17, 15) is 24.8 Å². The van der Waals surface area contributed by atoms with Gasteiger partial charge in [0.05, 0.1) is 19.3 Å². The Bertz CT molecular complexity index is 600. The van der Waals surface area contributed by atoms with E-state index >= 15 is 0 Å². The molecular weight excluding hydrogens is 399 g/mol. The summed E-state index contributed by atoms with van der Waals surface area (Å²) < 4.78 is 17.7. The Balaban J connectivity index is 1.25. The number of ether oxygens (including phenoxy) is 1. The molecule has 6 atom stereocenters. The highest BCUT2D eigenvalue weighted by atomic mass is 31.2. The third-order valence-electron chi connectivity index (χ3n) is 7.67. The molecule has 5 aliphatic rings. The summed E-state index contributed by atoms with van der Waals surface area (Å²) in [6.07, 6.45) is 3.32. The van der Waals surface area contributed by atoms with Gasteiger partial charge in [-0.3, -0.25) is 9.88 Å². The number of rotatable bonds is 8. The third-order valence-corrected chi connectivity index (χ3v) is 9.16. The molecule has 1 saturated heterocycles. The highest BCUT2D eigenvalue weighted by Crippen LogP contribution is 2.62. The fourth-order valence-electron chi connectivity index (χ4n) is 6.67. The summed E-state index contributed by atoms with van der Waals surface area (Å²) in [6, 6.07) is -1.04. The van der Waals surface area contributed by atoms with E-state index in [0.717, 1.165) is 24.2 Å². The standard InChI is InChI=1S/C19H35N2O7P/c22-9-14-16(23)17(24)15(18(25)28-14)20-10-21-29(26,27)2-1-19-6-11-3-12(7-19)5-13(4-11)8-19/h11-18,20,22-25H,1-10H2,(H2,21,26,27)/t11?,12?,13?,14-,15-,16+,17-,18?,19?/m1/s1. The van der Waals surface area contributed by atoms with E-state index in [-0.39, 0.29) is 18.2 Å². The van der Waals surface area contributed by atoms with Gasteiger partial charge in [0.15, 0.2) is 6.29 Å². The molecule has 4 aliphatic carbocycles. The van der Waals surface area contributed by atoms with Crippen LogP contribution in [0.4, 0.5) is 0 Å². The van der Waals surface area contributed by atoms with Crippen LogP contribution in [0.1, 0.15) is 44.9 Å². The summed E-state index contributed by atoms with van der Waals surface area (Å²) >= 11 is 0. The van der Waals surface area contributed by atoms with Crippen molar-refractivity contribution in [1.82, 2.24) is 10.4 Å². The smallest absolute Gasteiger partial charge is 0.268 e. The molecule has 0 aromatic heterocycles. The molecule has 9 nitrogen and oxygen atoms in total. The van der Waals surface area contributed by atoms with Crippen LogP contribution in [-0.4, -0.2) is 75.4 Å². The normalized spacial score (nSPS) is 48.6. The Morgan fingerprint density at radius 3 is 2.14 bits per heavy atom. The third kappa shape index (κ3) is 4.73. The molecule has 4 bridgehead atoms. The topological polar surface area (TPSA) is 152 Å². The summed E-state index contributed by atoms with van der Waals surface area (Å²) in [5, 5.41) is 44.4. The van der Waals surface area contributed by atoms with Crippen LogP contribution in [0.3, 0.4) is 0 Å². The molecule has 1 heterocycles. The van der Waals surface area contributed by atoms with E-state index in [2.05, 4.69) is 10.4 Å². The first kappa shape index (κ1) is 22.1. The van der Waals surface area contributed by atoms with Crippen LogP contribution in [0.25, 0.3) is 0 Å². The van der Waals surface area contributed by atoms with Gasteiger partial charge in [-0.05, 0) is 68.1 Å². The van der Waals surface area contributed by atoms with Crippen LogP contribution in [0.2, 0.25) is 0 Å². The lowest BCUT2D eigenvalue weighted by molar-refractivity contribution is -0.254. The molecule has 29 heavy (non-hydrogen) atoms. The van der Waals surface area contributed by atoms with Gasteiger partial charge in [-0.1, -0.05) is 0 Å². The maximum absolute atomic E-state index is 12.6. The van der Waals surface area contributed by atoms with Crippen molar-refractivity contribution in [2.45, 2.75) is 75.6 Å².